The van der Waals surface area contributed by atoms with E-state index in [1.54, 1.807) is 36.4 Å². The number of anilines is 2. The number of ether oxygens (including phenoxy) is 1. The predicted octanol–water partition coefficient (Wildman–Crippen LogP) is 2.65. The first-order valence-electron chi connectivity index (χ1n) is 8.32. The van der Waals surface area contributed by atoms with Crippen LogP contribution in [-0.4, -0.2) is 35.3 Å². The van der Waals surface area contributed by atoms with Crippen LogP contribution in [0, 0.1) is 0 Å². The molecule has 1 amide bonds. The van der Waals surface area contributed by atoms with Crippen LogP contribution in [0.2, 0.25) is 0 Å². The van der Waals surface area contributed by atoms with Crippen molar-refractivity contribution in [1.82, 2.24) is 4.98 Å². The van der Waals surface area contributed by atoms with E-state index in [2.05, 4.69) is 15.6 Å². The molecule has 1 aromatic carbocycles. The van der Waals surface area contributed by atoms with Crippen LogP contribution in [0.15, 0.2) is 42.6 Å². The summed E-state index contributed by atoms with van der Waals surface area (Å²) in [6.45, 7) is 1.04. The van der Waals surface area contributed by atoms with Gasteiger partial charge in [-0.25, -0.2) is 9.78 Å². The average molecular weight is 353 g/mol. The van der Waals surface area contributed by atoms with Gasteiger partial charge in [0.05, 0.1) is 5.56 Å². The molecular weight excluding hydrogens is 334 g/mol. The minimum atomic E-state index is -0.598. The number of benzene rings is 1. The Hall–Kier alpha value is -3.22. The minimum absolute atomic E-state index is 0.190. The minimum Gasteiger partial charge on any atom is -0.454 e. The van der Waals surface area contributed by atoms with E-state index in [4.69, 9.17) is 4.74 Å². The summed E-state index contributed by atoms with van der Waals surface area (Å²) in [5.41, 5.74) is 1.28. The molecule has 1 saturated carbocycles. The standard InChI is InChI=1S/C19H19N3O4/c1-12(23)21-15-5-2-13(3-6-15)17(24)11-26-19(25)14-4-9-18(20-10-14)22-16-7-8-16/h2-6,9-10,16H,7-8,11H2,1H3,(H,20,22)(H,21,23). The number of rotatable bonds is 7. The molecule has 1 heterocycles. The van der Waals surface area contributed by atoms with Gasteiger partial charge >= 0.3 is 5.97 Å². The zero-order chi connectivity index (χ0) is 18.5. The number of hydrogen-bond donors (Lipinski definition) is 2. The van der Waals surface area contributed by atoms with E-state index < -0.39 is 5.97 Å². The van der Waals surface area contributed by atoms with Gasteiger partial charge in [-0.1, -0.05) is 0 Å². The van der Waals surface area contributed by atoms with Gasteiger partial charge < -0.3 is 15.4 Å². The lowest BCUT2D eigenvalue weighted by atomic mass is 10.1. The molecule has 7 heteroatoms. The molecule has 0 unspecified atom stereocenters. The summed E-state index contributed by atoms with van der Waals surface area (Å²) in [6.07, 6.45) is 3.71. The lowest BCUT2D eigenvalue weighted by Gasteiger charge is -2.07. The van der Waals surface area contributed by atoms with Crippen LogP contribution < -0.4 is 10.6 Å². The van der Waals surface area contributed by atoms with Crippen LogP contribution >= 0.6 is 0 Å². The molecule has 3 rings (SSSR count). The molecule has 0 saturated heterocycles. The second kappa shape index (κ2) is 7.77. The maximum atomic E-state index is 12.1. The van der Waals surface area contributed by atoms with Crippen LogP contribution in [0.5, 0.6) is 0 Å². The van der Waals surface area contributed by atoms with Crippen LogP contribution in [0.25, 0.3) is 0 Å². The fourth-order valence-corrected chi connectivity index (χ4v) is 2.28. The molecule has 0 spiro atoms. The average Bonchev–Trinajstić information content (AvgIpc) is 3.44. The second-order valence-electron chi connectivity index (χ2n) is 6.11. The highest BCUT2D eigenvalue weighted by Gasteiger charge is 2.21. The normalized spacial score (nSPS) is 13.0. The second-order valence-corrected chi connectivity index (χ2v) is 6.11. The first kappa shape index (κ1) is 17.6. The number of nitrogens with one attached hydrogen (secondary N) is 2. The molecule has 2 aromatic rings. The van der Waals surface area contributed by atoms with Gasteiger partial charge in [0.15, 0.2) is 12.4 Å². The number of carbonyl (C=O) groups is 3. The Morgan fingerprint density at radius 2 is 1.77 bits per heavy atom. The van der Waals surface area contributed by atoms with Gasteiger partial charge in [-0.05, 0) is 49.2 Å². The van der Waals surface area contributed by atoms with Crippen LogP contribution in [0.3, 0.4) is 0 Å². The van der Waals surface area contributed by atoms with E-state index in [9.17, 15) is 14.4 Å². The summed E-state index contributed by atoms with van der Waals surface area (Å²) in [5, 5.41) is 5.84. The Morgan fingerprint density at radius 3 is 2.35 bits per heavy atom. The lowest BCUT2D eigenvalue weighted by Crippen LogP contribution is -2.15. The fraction of sp³-hybridized carbons (Fsp3) is 0.263. The monoisotopic (exact) mass is 353 g/mol. The fourth-order valence-electron chi connectivity index (χ4n) is 2.28. The molecule has 0 bridgehead atoms. The first-order chi connectivity index (χ1) is 12.5. The molecule has 26 heavy (non-hydrogen) atoms. The highest BCUT2D eigenvalue weighted by Crippen LogP contribution is 2.23. The van der Waals surface area contributed by atoms with Crippen molar-refractivity contribution in [3.63, 3.8) is 0 Å². The zero-order valence-electron chi connectivity index (χ0n) is 14.3. The maximum Gasteiger partial charge on any atom is 0.340 e. The van der Waals surface area contributed by atoms with Gasteiger partial charge in [0.25, 0.3) is 0 Å². The van der Waals surface area contributed by atoms with Crippen molar-refractivity contribution in [3.8, 4) is 0 Å². The van der Waals surface area contributed by atoms with Gasteiger partial charge in [-0.3, -0.25) is 9.59 Å². The number of aromatic nitrogens is 1. The summed E-state index contributed by atoms with van der Waals surface area (Å²) in [6, 6.07) is 10.2. The van der Waals surface area contributed by atoms with Crippen molar-refractivity contribution < 1.29 is 19.1 Å². The molecule has 0 radical (unpaired) electrons. The van der Waals surface area contributed by atoms with E-state index in [1.165, 1.54) is 13.1 Å². The Kier molecular flexibility index (Phi) is 5.26. The molecule has 134 valence electrons. The largest absolute Gasteiger partial charge is 0.454 e. The zero-order valence-corrected chi connectivity index (χ0v) is 14.3. The quantitative estimate of drug-likeness (QED) is 0.587. The summed E-state index contributed by atoms with van der Waals surface area (Å²) < 4.78 is 5.05. The topological polar surface area (TPSA) is 97.4 Å². The number of Topliss-reactive ketones (excluding diaryl/α,β-unsaturated/α-hetero) is 1. The summed E-state index contributed by atoms with van der Waals surface area (Å²) >= 11 is 0. The molecule has 1 aromatic heterocycles. The van der Waals surface area contributed by atoms with Crippen LogP contribution in [-0.2, 0) is 9.53 Å². The van der Waals surface area contributed by atoms with Gasteiger partial charge in [0.1, 0.15) is 5.82 Å². The van der Waals surface area contributed by atoms with Gasteiger partial charge in [-0.15, -0.1) is 0 Å². The molecule has 1 aliphatic carbocycles. The molecular formula is C19H19N3O4. The predicted molar refractivity (Wildman–Crippen MR) is 96.2 cm³/mol. The number of esters is 1. The van der Waals surface area contributed by atoms with E-state index in [-0.39, 0.29) is 18.3 Å². The van der Waals surface area contributed by atoms with E-state index in [1.807, 2.05) is 0 Å². The van der Waals surface area contributed by atoms with E-state index >= 15 is 0 Å². The highest BCUT2D eigenvalue weighted by atomic mass is 16.5. The third kappa shape index (κ3) is 4.89. The lowest BCUT2D eigenvalue weighted by molar-refractivity contribution is -0.114. The van der Waals surface area contributed by atoms with Crippen molar-refractivity contribution in [1.29, 1.82) is 0 Å². The van der Waals surface area contributed by atoms with Crippen LogP contribution in [0.1, 0.15) is 40.5 Å². The molecule has 0 atom stereocenters. The number of pyridine rings is 1. The van der Waals surface area contributed by atoms with E-state index in [0.717, 1.165) is 18.7 Å². The summed E-state index contributed by atoms with van der Waals surface area (Å²) in [4.78, 5) is 39.3. The Labute approximate surface area is 150 Å². The van der Waals surface area contributed by atoms with Crippen molar-refractivity contribution in [2.45, 2.75) is 25.8 Å². The summed E-state index contributed by atoms with van der Waals surface area (Å²) in [7, 11) is 0. The van der Waals surface area contributed by atoms with Gasteiger partial charge in [0, 0.05) is 30.4 Å². The Balaban J connectivity index is 1.51. The SMILES string of the molecule is CC(=O)Nc1ccc(C(=O)COC(=O)c2ccc(NC3CC3)nc2)cc1. The number of carbonyl (C=O) groups excluding carboxylic acids is 3. The van der Waals surface area contributed by atoms with Crippen LogP contribution in [0.4, 0.5) is 11.5 Å². The van der Waals surface area contributed by atoms with Crippen molar-refractivity contribution in [3.05, 3.63) is 53.7 Å². The van der Waals surface area contributed by atoms with Crippen molar-refractivity contribution >= 4 is 29.2 Å². The third-order valence-electron chi connectivity index (χ3n) is 3.79. The van der Waals surface area contributed by atoms with Crippen molar-refractivity contribution in [2.24, 2.45) is 0 Å². The van der Waals surface area contributed by atoms with Gasteiger partial charge in [-0.2, -0.15) is 0 Å². The molecule has 1 fully saturated rings. The Morgan fingerprint density at radius 1 is 1.08 bits per heavy atom. The van der Waals surface area contributed by atoms with Gasteiger partial charge in [0.2, 0.25) is 5.91 Å². The van der Waals surface area contributed by atoms with Crippen molar-refractivity contribution in [2.75, 3.05) is 17.2 Å². The summed E-state index contributed by atoms with van der Waals surface area (Å²) in [5.74, 6) is -0.393. The molecule has 2 N–H and O–H groups in total. The Bertz CT molecular complexity index is 812. The van der Waals surface area contributed by atoms with E-state index in [0.29, 0.717) is 22.9 Å². The number of hydrogen-bond acceptors (Lipinski definition) is 6. The highest BCUT2D eigenvalue weighted by molar-refractivity contribution is 6.00. The molecule has 7 nitrogen and oxygen atoms in total. The number of nitrogens with zero attached hydrogens (tertiary/aromatic N) is 1. The third-order valence-corrected chi connectivity index (χ3v) is 3.79. The maximum absolute atomic E-state index is 12.1. The number of ketones is 1. The smallest absolute Gasteiger partial charge is 0.340 e. The first-order valence-corrected chi connectivity index (χ1v) is 8.32. The molecule has 1 aliphatic rings. The number of amides is 1. The molecule has 0 aliphatic heterocycles.